The molecule has 0 radical (unpaired) electrons. The van der Waals surface area contributed by atoms with Crippen LogP contribution in [0.15, 0.2) is 23.6 Å². The van der Waals surface area contributed by atoms with E-state index >= 15 is 0 Å². The molecule has 14 heavy (non-hydrogen) atoms. The molecule has 5 heteroatoms. The zero-order valence-electron chi connectivity index (χ0n) is 8.60. The van der Waals surface area contributed by atoms with Crippen LogP contribution in [0.3, 0.4) is 0 Å². The van der Waals surface area contributed by atoms with Crippen LogP contribution in [0, 0.1) is 0 Å². The molecule has 0 aliphatic heterocycles. The van der Waals surface area contributed by atoms with E-state index in [1.54, 1.807) is 19.9 Å². The second kappa shape index (κ2) is 6.27. The van der Waals surface area contributed by atoms with Gasteiger partial charge in [-0.2, -0.15) is 16.9 Å². The van der Waals surface area contributed by atoms with E-state index in [1.807, 2.05) is 0 Å². The molecule has 0 unspecified atom stereocenters. The minimum absolute atomic E-state index is 0.251. The lowest BCUT2D eigenvalue weighted by molar-refractivity contribution is 0.454. The minimum atomic E-state index is -3.35. The lowest BCUT2D eigenvalue weighted by Crippen LogP contribution is -2.33. The van der Waals surface area contributed by atoms with Gasteiger partial charge in [0.1, 0.15) is 0 Å². The molecule has 0 amide bonds. The summed E-state index contributed by atoms with van der Waals surface area (Å²) in [6.07, 6.45) is 2.90. The Kier molecular flexibility index (Phi) is 6.15. The van der Waals surface area contributed by atoms with Gasteiger partial charge in [-0.1, -0.05) is 19.6 Å². The summed E-state index contributed by atoms with van der Waals surface area (Å²) in [7, 11) is -3.35. The Labute approximate surface area is 92.0 Å². The number of rotatable bonds is 6. The molecule has 0 aromatic carbocycles. The Bertz CT molecular complexity index is 307. The quantitative estimate of drug-likeness (QED) is 0.561. The van der Waals surface area contributed by atoms with E-state index in [0.29, 0.717) is 18.8 Å². The number of thiol groups is 1. The molecule has 0 aliphatic rings. The molecule has 3 nitrogen and oxygen atoms in total. The fourth-order valence-corrected chi connectivity index (χ4v) is 2.94. The minimum Gasteiger partial charge on any atom is -0.207 e. The van der Waals surface area contributed by atoms with Gasteiger partial charge in [-0.15, -0.1) is 0 Å². The summed E-state index contributed by atoms with van der Waals surface area (Å²) >= 11 is 4.02. The van der Waals surface area contributed by atoms with Crippen LogP contribution in [-0.2, 0) is 10.0 Å². The molecule has 0 atom stereocenters. The second-order valence-electron chi connectivity index (χ2n) is 2.62. The van der Waals surface area contributed by atoms with E-state index in [0.717, 1.165) is 0 Å². The van der Waals surface area contributed by atoms with Crippen LogP contribution in [0.2, 0.25) is 0 Å². The zero-order valence-corrected chi connectivity index (χ0v) is 10.3. The van der Waals surface area contributed by atoms with Crippen molar-refractivity contribution >= 4 is 22.7 Å². The van der Waals surface area contributed by atoms with E-state index < -0.39 is 10.0 Å². The molecule has 0 saturated heterocycles. The molecule has 0 aliphatic carbocycles. The van der Waals surface area contributed by atoms with Crippen molar-refractivity contribution in [2.45, 2.75) is 13.8 Å². The van der Waals surface area contributed by atoms with Gasteiger partial charge in [0.15, 0.2) is 0 Å². The lowest BCUT2D eigenvalue weighted by atomic mass is 10.5. The first-order valence-corrected chi connectivity index (χ1v) is 6.51. The van der Waals surface area contributed by atoms with Crippen LogP contribution in [0.1, 0.15) is 13.8 Å². The molecule has 0 heterocycles. The van der Waals surface area contributed by atoms with Crippen LogP contribution in [0.4, 0.5) is 0 Å². The van der Waals surface area contributed by atoms with Gasteiger partial charge in [-0.05, 0) is 13.0 Å². The Morgan fingerprint density at radius 1 is 1.57 bits per heavy atom. The molecule has 0 saturated carbocycles. The van der Waals surface area contributed by atoms with Crippen molar-refractivity contribution in [2.24, 2.45) is 0 Å². The molecule has 0 N–H and O–H groups in total. The first kappa shape index (κ1) is 13.7. The summed E-state index contributed by atoms with van der Waals surface area (Å²) in [5.41, 5.74) is 0. The van der Waals surface area contributed by atoms with E-state index in [4.69, 9.17) is 0 Å². The van der Waals surface area contributed by atoms with Gasteiger partial charge in [-0.3, -0.25) is 0 Å². The van der Waals surface area contributed by atoms with Crippen LogP contribution in [0.5, 0.6) is 0 Å². The van der Waals surface area contributed by atoms with Gasteiger partial charge in [0.2, 0.25) is 10.0 Å². The molecule has 0 rings (SSSR count). The summed E-state index contributed by atoms with van der Waals surface area (Å²) in [6.45, 7) is 7.84. The molecule has 0 bridgehead atoms. The van der Waals surface area contributed by atoms with Crippen molar-refractivity contribution < 1.29 is 8.42 Å². The van der Waals surface area contributed by atoms with Crippen LogP contribution in [-0.4, -0.2) is 31.6 Å². The first-order chi connectivity index (χ1) is 6.54. The normalized spacial score (nSPS) is 13.3. The highest BCUT2D eigenvalue weighted by Gasteiger charge is 2.21. The van der Waals surface area contributed by atoms with Gasteiger partial charge in [0, 0.05) is 18.8 Å². The average molecular weight is 235 g/mol. The third-order valence-corrected chi connectivity index (χ3v) is 4.14. The van der Waals surface area contributed by atoms with Gasteiger partial charge < -0.3 is 0 Å². The van der Waals surface area contributed by atoms with Crippen molar-refractivity contribution in [3.8, 4) is 0 Å². The first-order valence-electron chi connectivity index (χ1n) is 4.44. The Morgan fingerprint density at radius 3 is 2.43 bits per heavy atom. The van der Waals surface area contributed by atoms with Crippen molar-refractivity contribution in [1.29, 1.82) is 0 Å². The molecule has 0 aromatic heterocycles. The maximum Gasteiger partial charge on any atom is 0.242 e. The van der Waals surface area contributed by atoms with Gasteiger partial charge in [0.05, 0.1) is 4.91 Å². The van der Waals surface area contributed by atoms with Gasteiger partial charge in [-0.25, -0.2) is 8.42 Å². The molecular formula is C9H17NO2S2. The fraction of sp³-hybridized carbons (Fsp3) is 0.556. The fourth-order valence-electron chi connectivity index (χ4n) is 1.08. The summed E-state index contributed by atoms with van der Waals surface area (Å²) < 4.78 is 25.1. The average Bonchev–Trinajstić information content (AvgIpc) is 2.15. The highest BCUT2D eigenvalue weighted by molar-refractivity contribution is 7.93. The second-order valence-corrected chi connectivity index (χ2v) is 5.00. The topological polar surface area (TPSA) is 37.4 Å². The van der Waals surface area contributed by atoms with Crippen molar-refractivity contribution in [1.82, 2.24) is 4.31 Å². The molecule has 0 aromatic rings. The number of hydrogen-bond donors (Lipinski definition) is 1. The Hall–Kier alpha value is -0.260. The predicted molar refractivity (Wildman–Crippen MR) is 64.0 cm³/mol. The van der Waals surface area contributed by atoms with E-state index in [2.05, 4.69) is 19.2 Å². The third-order valence-electron chi connectivity index (χ3n) is 1.83. The van der Waals surface area contributed by atoms with E-state index in [9.17, 15) is 8.42 Å². The van der Waals surface area contributed by atoms with Crippen LogP contribution < -0.4 is 0 Å². The van der Waals surface area contributed by atoms with Crippen LogP contribution in [0.25, 0.3) is 0 Å². The molecular weight excluding hydrogens is 218 g/mol. The smallest absolute Gasteiger partial charge is 0.207 e. The summed E-state index contributed by atoms with van der Waals surface area (Å²) in [6, 6.07) is 0. The maximum absolute atomic E-state index is 11.9. The standard InChI is InChI=1S/C9H17NO2S2/c1-4-9(5-2)14(11,12)10(6-3)7-8-13/h4-5,13H,1,6-8H2,2-3H3. The molecule has 0 spiro atoms. The third kappa shape index (κ3) is 3.15. The van der Waals surface area contributed by atoms with Crippen molar-refractivity contribution in [3.63, 3.8) is 0 Å². The van der Waals surface area contributed by atoms with Crippen molar-refractivity contribution in [2.75, 3.05) is 18.8 Å². The lowest BCUT2D eigenvalue weighted by Gasteiger charge is -2.19. The molecule has 82 valence electrons. The van der Waals surface area contributed by atoms with Gasteiger partial charge >= 0.3 is 0 Å². The Morgan fingerprint density at radius 2 is 2.14 bits per heavy atom. The number of allylic oxidation sites excluding steroid dienone is 2. The predicted octanol–water partition coefficient (Wildman–Crippen LogP) is 1.66. The number of sulfonamides is 1. The number of nitrogens with zero attached hydrogens (tertiary/aromatic N) is 1. The Balaban J connectivity index is 5.00. The van der Waals surface area contributed by atoms with Gasteiger partial charge in [0.25, 0.3) is 0 Å². The SMILES string of the molecule is C=CC(=CC)S(=O)(=O)N(CC)CCS. The zero-order chi connectivity index (χ0) is 11.2. The van der Waals surface area contributed by atoms with E-state index in [-0.39, 0.29) is 4.91 Å². The maximum atomic E-state index is 11.9. The highest BCUT2D eigenvalue weighted by Crippen LogP contribution is 2.13. The molecule has 0 fully saturated rings. The summed E-state index contributed by atoms with van der Waals surface area (Å²) in [4.78, 5) is 0.251. The summed E-state index contributed by atoms with van der Waals surface area (Å²) in [5, 5.41) is 0. The van der Waals surface area contributed by atoms with Crippen LogP contribution >= 0.6 is 12.6 Å². The number of hydrogen-bond acceptors (Lipinski definition) is 3. The van der Waals surface area contributed by atoms with Crippen molar-refractivity contribution in [3.05, 3.63) is 23.6 Å². The highest BCUT2D eigenvalue weighted by atomic mass is 32.2. The van der Waals surface area contributed by atoms with E-state index in [1.165, 1.54) is 10.4 Å². The largest absolute Gasteiger partial charge is 0.242 e. The monoisotopic (exact) mass is 235 g/mol. The summed E-state index contributed by atoms with van der Waals surface area (Å²) in [5.74, 6) is 0.515.